The van der Waals surface area contributed by atoms with Crippen molar-refractivity contribution in [1.82, 2.24) is 0 Å². The minimum Gasteiger partial charge on any atom is -0.454 e. The van der Waals surface area contributed by atoms with E-state index in [0.29, 0.717) is 22.6 Å². The molecule has 0 unspecified atom stereocenters. The Hall–Kier alpha value is -2.36. The summed E-state index contributed by atoms with van der Waals surface area (Å²) in [5, 5.41) is 0. The largest absolute Gasteiger partial charge is 0.454 e. The smallest absolute Gasteiger partial charge is 0.231 e. The number of hydrogen-bond acceptors (Lipinski definition) is 3. The van der Waals surface area contributed by atoms with Crippen molar-refractivity contribution >= 4 is 6.29 Å². The maximum absolute atomic E-state index is 13.1. The van der Waals surface area contributed by atoms with E-state index in [1.165, 1.54) is 12.1 Å². The molecular formula is C17H15FO3. The molecule has 108 valence electrons. The Morgan fingerprint density at radius 1 is 1.19 bits per heavy atom. The van der Waals surface area contributed by atoms with Crippen LogP contribution in [-0.4, -0.2) is 13.1 Å². The monoisotopic (exact) mass is 286 g/mol. The summed E-state index contributed by atoms with van der Waals surface area (Å²) >= 11 is 0. The van der Waals surface area contributed by atoms with Gasteiger partial charge in [-0.15, -0.1) is 0 Å². The molecular weight excluding hydrogens is 271 g/mol. The van der Waals surface area contributed by atoms with Gasteiger partial charge >= 0.3 is 0 Å². The second-order valence-electron chi connectivity index (χ2n) is 5.27. The highest BCUT2D eigenvalue weighted by atomic mass is 19.1. The molecule has 0 saturated heterocycles. The standard InChI is InChI=1S/C17H15FO3/c1-10(2)13-7-15-17(21-9-20-15)16(14(13)8-19)11-3-5-12(18)6-4-11/h3-8,10H,9H2,1-2H3. The van der Waals surface area contributed by atoms with Gasteiger partial charge in [-0.3, -0.25) is 4.79 Å². The van der Waals surface area contributed by atoms with E-state index >= 15 is 0 Å². The summed E-state index contributed by atoms with van der Waals surface area (Å²) in [5.74, 6) is 1.02. The van der Waals surface area contributed by atoms with Gasteiger partial charge in [0.15, 0.2) is 17.8 Å². The van der Waals surface area contributed by atoms with E-state index in [9.17, 15) is 9.18 Å². The zero-order valence-electron chi connectivity index (χ0n) is 11.9. The zero-order chi connectivity index (χ0) is 15.0. The molecule has 0 spiro atoms. The van der Waals surface area contributed by atoms with Crippen LogP contribution in [0.5, 0.6) is 11.5 Å². The molecule has 21 heavy (non-hydrogen) atoms. The maximum atomic E-state index is 13.1. The van der Waals surface area contributed by atoms with Gasteiger partial charge < -0.3 is 9.47 Å². The number of benzene rings is 2. The summed E-state index contributed by atoms with van der Waals surface area (Å²) in [4.78, 5) is 11.6. The first-order valence-electron chi connectivity index (χ1n) is 6.79. The van der Waals surface area contributed by atoms with Crippen LogP contribution >= 0.6 is 0 Å². The van der Waals surface area contributed by atoms with Crippen molar-refractivity contribution in [2.24, 2.45) is 0 Å². The molecule has 2 aromatic rings. The molecule has 0 bridgehead atoms. The summed E-state index contributed by atoms with van der Waals surface area (Å²) in [6.45, 7) is 4.15. The van der Waals surface area contributed by atoms with Gasteiger partial charge in [-0.25, -0.2) is 4.39 Å². The summed E-state index contributed by atoms with van der Waals surface area (Å²) in [7, 11) is 0. The molecule has 0 aromatic heterocycles. The van der Waals surface area contributed by atoms with E-state index in [-0.39, 0.29) is 18.5 Å². The lowest BCUT2D eigenvalue weighted by atomic mass is 9.89. The average molecular weight is 286 g/mol. The molecule has 3 rings (SSSR count). The highest BCUT2D eigenvalue weighted by Gasteiger charge is 2.26. The SMILES string of the molecule is CC(C)c1cc2c(c(-c3ccc(F)cc3)c1C=O)OCO2. The van der Waals surface area contributed by atoms with Crippen LogP contribution in [0.1, 0.15) is 35.7 Å². The Kier molecular flexibility index (Phi) is 3.37. The lowest BCUT2D eigenvalue weighted by Gasteiger charge is -2.16. The number of rotatable bonds is 3. The van der Waals surface area contributed by atoms with Gasteiger partial charge in [0, 0.05) is 11.1 Å². The van der Waals surface area contributed by atoms with Gasteiger partial charge in [0.2, 0.25) is 6.79 Å². The van der Waals surface area contributed by atoms with Crippen LogP contribution in [0.25, 0.3) is 11.1 Å². The first-order valence-corrected chi connectivity index (χ1v) is 6.79. The fourth-order valence-corrected chi connectivity index (χ4v) is 2.58. The van der Waals surface area contributed by atoms with Gasteiger partial charge in [0.1, 0.15) is 5.82 Å². The molecule has 1 aliphatic heterocycles. The van der Waals surface area contributed by atoms with Crippen LogP contribution in [-0.2, 0) is 0 Å². The van der Waals surface area contributed by atoms with Crippen LogP contribution in [0.3, 0.4) is 0 Å². The third-order valence-corrected chi connectivity index (χ3v) is 3.61. The van der Waals surface area contributed by atoms with E-state index in [0.717, 1.165) is 17.4 Å². The average Bonchev–Trinajstić information content (AvgIpc) is 2.94. The number of carbonyl (C=O) groups excluding carboxylic acids is 1. The van der Waals surface area contributed by atoms with Crippen molar-refractivity contribution in [3.05, 3.63) is 47.3 Å². The Morgan fingerprint density at radius 2 is 1.90 bits per heavy atom. The highest BCUT2D eigenvalue weighted by Crippen LogP contribution is 2.46. The molecule has 0 atom stereocenters. The van der Waals surface area contributed by atoms with Crippen LogP contribution in [0, 0.1) is 5.82 Å². The van der Waals surface area contributed by atoms with E-state index in [2.05, 4.69) is 0 Å². The van der Waals surface area contributed by atoms with Crippen LogP contribution in [0.4, 0.5) is 4.39 Å². The predicted octanol–water partition coefficient (Wildman–Crippen LogP) is 4.16. The molecule has 0 radical (unpaired) electrons. The second-order valence-corrected chi connectivity index (χ2v) is 5.27. The fraction of sp³-hybridized carbons (Fsp3) is 0.235. The first-order chi connectivity index (χ1) is 10.1. The molecule has 0 saturated carbocycles. The topological polar surface area (TPSA) is 35.5 Å². The third-order valence-electron chi connectivity index (χ3n) is 3.61. The zero-order valence-corrected chi connectivity index (χ0v) is 11.9. The van der Waals surface area contributed by atoms with Crippen LogP contribution in [0.2, 0.25) is 0 Å². The lowest BCUT2D eigenvalue weighted by molar-refractivity contribution is 0.112. The molecule has 1 aliphatic rings. The van der Waals surface area contributed by atoms with Crippen molar-refractivity contribution < 1.29 is 18.7 Å². The van der Waals surface area contributed by atoms with Gasteiger partial charge in [-0.1, -0.05) is 26.0 Å². The maximum Gasteiger partial charge on any atom is 0.231 e. The number of aldehydes is 1. The molecule has 0 fully saturated rings. The van der Waals surface area contributed by atoms with Crippen LogP contribution < -0.4 is 9.47 Å². The predicted molar refractivity (Wildman–Crippen MR) is 77.4 cm³/mol. The number of halogens is 1. The van der Waals surface area contributed by atoms with Crippen LogP contribution in [0.15, 0.2) is 30.3 Å². The van der Waals surface area contributed by atoms with Crippen molar-refractivity contribution in [2.75, 3.05) is 6.79 Å². The normalized spacial score (nSPS) is 12.8. The highest BCUT2D eigenvalue weighted by molar-refractivity contribution is 5.94. The minimum atomic E-state index is -0.319. The molecule has 0 N–H and O–H groups in total. The Labute approximate surface area is 122 Å². The summed E-state index contributed by atoms with van der Waals surface area (Å²) < 4.78 is 24.1. The van der Waals surface area contributed by atoms with Gasteiger partial charge in [-0.05, 0) is 35.2 Å². The minimum absolute atomic E-state index is 0.128. The lowest BCUT2D eigenvalue weighted by Crippen LogP contribution is -2.00. The number of ether oxygens (including phenoxy) is 2. The Balaban J connectivity index is 2.31. The van der Waals surface area contributed by atoms with Crippen molar-refractivity contribution in [2.45, 2.75) is 19.8 Å². The molecule has 1 heterocycles. The second kappa shape index (κ2) is 5.20. The summed E-state index contributed by atoms with van der Waals surface area (Å²) in [6.07, 6.45) is 0.829. The summed E-state index contributed by atoms with van der Waals surface area (Å²) in [5.41, 5.74) is 2.88. The molecule has 4 heteroatoms. The molecule has 0 aliphatic carbocycles. The Morgan fingerprint density at radius 3 is 2.52 bits per heavy atom. The van der Waals surface area contributed by atoms with Gasteiger partial charge in [0.05, 0.1) is 0 Å². The van der Waals surface area contributed by atoms with Crippen molar-refractivity contribution in [3.63, 3.8) is 0 Å². The van der Waals surface area contributed by atoms with E-state index in [4.69, 9.17) is 9.47 Å². The first kappa shape index (κ1) is 13.6. The third kappa shape index (κ3) is 2.27. The molecule has 2 aromatic carbocycles. The fourth-order valence-electron chi connectivity index (χ4n) is 2.58. The molecule has 0 amide bonds. The Bertz CT molecular complexity index is 690. The number of carbonyl (C=O) groups is 1. The number of fused-ring (bicyclic) bond motifs is 1. The van der Waals surface area contributed by atoms with E-state index < -0.39 is 0 Å². The van der Waals surface area contributed by atoms with Gasteiger partial charge in [-0.2, -0.15) is 0 Å². The number of hydrogen-bond donors (Lipinski definition) is 0. The van der Waals surface area contributed by atoms with E-state index in [1.54, 1.807) is 12.1 Å². The quantitative estimate of drug-likeness (QED) is 0.795. The van der Waals surface area contributed by atoms with E-state index in [1.807, 2.05) is 19.9 Å². The molecule has 3 nitrogen and oxygen atoms in total. The summed E-state index contributed by atoms with van der Waals surface area (Å²) in [6, 6.07) is 7.87. The van der Waals surface area contributed by atoms with Gasteiger partial charge in [0.25, 0.3) is 0 Å². The van der Waals surface area contributed by atoms with Crippen molar-refractivity contribution in [1.29, 1.82) is 0 Å². The van der Waals surface area contributed by atoms with Crippen molar-refractivity contribution in [3.8, 4) is 22.6 Å².